The molecule has 3 saturated carbocycles. The molecule has 1 N–H and O–H groups in total. The molecule has 0 bridgehead atoms. The van der Waals surface area contributed by atoms with Gasteiger partial charge in [-0.3, -0.25) is 0 Å². The van der Waals surface area contributed by atoms with Crippen molar-refractivity contribution in [2.45, 2.75) is 57.5 Å². The number of ether oxygens (including phenoxy) is 1. The van der Waals surface area contributed by atoms with Crippen LogP contribution >= 0.6 is 0 Å². The predicted molar refractivity (Wildman–Crippen MR) is 102 cm³/mol. The van der Waals surface area contributed by atoms with Crippen LogP contribution in [0.5, 0.6) is 0 Å². The molecule has 7 atom stereocenters. The summed E-state index contributed by atoms with van der Waals surface area (Å²) in [4.78, 5) is 0. The van der Waals surface area contributed by atoms with Crippen LogP contribution in [-0.2, 0) is 4.74 Å². The fourth-order valence-corrected chi connectivity index (χ4v) is 7.59. The van der Waals surface area contributed by atoms with E-state index in [2.05, 4.69) is 37.8 Å². The Morgan fingerprint density at radius 2 is 2.16 bits per heavy atom. The molecule has 2 heteroatoms. The average Bonchev–Trinajstić information content (AvgIpc) is 3.20. The second kappa shape index (κ2) is 5.42. The van der Waals surface area contributed by atoms with Gasteiger partial charge >= 0.3 is 0 Å². The Labute approximate surface area is 151 Å². The number of nitrogens with one attached hydrogen (secondary N) is 1. The van der Waals surface area contributed by atoms with Gasteiger partial charge in [-0.25, -0.2) is 0 Å². The van der Waals surface area contributed by atoms with Gasteiger partial charge in [-0.1, -0.05) is 30.7 Å². The van der Waals surface area contributed by atoms with E-state index in [1.165, 1.54) is 32.1 Å². The Hall–Kier alpha value is -1.15. The van der Waals surface area contributed by atoms with Crippen molar-refractivity contribution in [3.05, 3.63) is 36.5 Å². The van der Waals surface area contributed by atoms with E-state index >= 15 is 0 Å². The van der Waals surface area contributed by atoms with E-state index in [-0.39, 0.29) is 5.60 Å². The molecule has 5 aliphatic rings. The number of allylic oxidation sites excluding steroid dienone is 3. The highest BCUT2D eigenvalue weighted by Crippen LogP contribution is 2.67. The molecular weight excluding hydrogens is 306 g/mol. The fourth-order valence-electron chi connectivity index (χ4n) is 7.59. The summed E-state index contributed by atoms with van der Waals surface area (Å²) in [6.07, 6.45) is 17.6. The van der Waals surface area contributed by atoms with Crippen LogP contribution in [0.2, 0.25) is 0 Å². The lowest BCUT2D eigenvalue weighted by molar-refractivity contribution is -0.116. The van der Waals surface area contributed by atoms with Gasteiger partial charge < -0.3 is 10.1 Å². The fraction of sp³-hybridized carbons (Fsp3) is 0.696. The van der Waals surface area contributed by atoms with Crippen LogP contribution in [0.25, 0.3) is 0 Å². The summed E-state index contributed by atoms with van der Waals surface area (Å²) in [5.74, 6) is 3.65. The molecule has 1 aliphatic heterocycles. The Morgan fingerprint density at radius 1 is 1.28 bits per heavy atom. The molecule has 6 unspecified atom stereocenters. The van der Waals surface area contributed by atoms with Gasteiger partial charge in [-0.2, -0.15) is 0 Å². The minimum Gasteiger partial charge on any atom is -0.366 e. The molecule has 0 aromatic rings. The van der Waals surface area contributed by atoms with Gasteiger partial charge in [0, 0.05) is 11.1 Å². The predicted octanol–water partition coefficient (Wildman–Crippen LogP) is 5.32. The molecule has 25 heavy (non-hydrogen) atoms. The third-order valence-electron chi connectivity index (χ3n) is 8.74. The van der Waals surface area contributed by atoms with Gasteiger partial charge in [0.05, 0.1) is 12.2 Å². The number of rotatable bonds is 1. The molecule has 2 nitrogen and oxygen atoms in total. The Balaban J connectivity index is 1.53. The lowest BCUT2D eigenvalue weighted by atomic mass is 9.48. The van der Waals surface area contributed by atoms with Crippen molar-refractivity contribution in [3.63, 3.8) is 0 Å². The van der Waals surface area contributed by atoms with Gasteiger partial charge in [0.15, 0.2) is 0 Å². The van der Waals surface area contributed by atoms with Crippen molar-refractivity contribution >= 4 is 5.71 Å². The van der Waals surface area contributed by atoms with Gasteiger partial charge in [0.1, 0.15) is 0 Å². The first-order chi connectivity index (χ1) is 12.1. The van der Waals surface area contributed by atoms with E-state index in [0.717, 1.165) is 48.8 Å². The quantitative estimate of drug-likeness (QED) is 0.646. The second-order valence-corrected chi connectivity index (χ2v) is 9.44. The zero-order valence-corrected chi connectivity index (χ0v) is 15.5. The summed E-state index contributed by atoms with van der Waals surface area (Å²) in [6, 6.07) is 0. The zero-order valence-electron chi connectivity index (χ0n) is 15.5. The van der Waals surface area contributed by atoms with E-state index in [0.29, 0.717) is 11.3 Å². The van der Waals surface area contributed by atoms with Crippen LogP contribution < -0.4 is 0 Å². The number of hydrogen-bond acceptors (Lipinski definition) is 2. The molecule has 3 fully saturated rings. The van der Waals surface area contributed by atoms with Crippen molar-refractivity contribution in [2.75, 3.05) is 6.61 Å². The first-order valence-corrected chi connectivity index (χ1v) is 10.3. The molecule has 0 amide bonds. The summed E-state index contributed by atoms with van der Waals surface area (Å²) in [6.45, 7) is 7.56. The minimum atomic E-state index is 0.0131. The molecule has 134 valence electrons. The molecule has 1 heterocycles. The van der Waals surface area contributed by atoms with Gasteiger partial charge in [-0.15, -0.1) is 6.58 Å². The normalized spacial score (nSPS) is 51.0. The molecule has 0 aromatic heterocycles. The summed E-state index contributed by atoms with van der Waals surface area (Å²) in [5, 5.41) is 8.10. The monoisotopic (exact) mass is 337 g/mol. The smallest absolute Gasteiger partial charge is 0.0923 e. The highest BCUT2D eigenvalue weighted by atomic mass is 16.5. The Morgan fingerprint density at radius 3 is 2.92 bits per heavy atom. The van der Waals surface area contributed by atoms with Crippen molar-refractivity contribution in [3.8, 4) is 0 Å². The average molecular weight is 338 g/mol. The topological polar surface area (TPSA) is 33.1 Å². The maximum absolute atomic E-state index is 8.10. The van der Waals surface area contributed by atoms with Crippen LogP contribution in [0.3, 0.4) is 0 Å². The van der Waals surface area contributed by atoms with Crippen molar-refractivity contribution in [1.82, 2.24) is 0 Å². The lowest BCUT2D eigenvalue weighted by Crippen LogP contribution is -2.54. The molecule has 0 saturated heterocycles. The molecule has 5 rings (SSSR count). The van der Waals surface area contributed by atoms with Crippen LogP contribution in [0.1, 0.15) is 51.9 Å². The van der Waals surface area contributed by atoms with Gasteiger partial charge in [0.25, 0.3) is 0 Å². The van der Waals surface area contributed by atoms with Crippen LogP contribution in [0.4, 0.5) is 0 Å². The highest BCUT2D eigenvalue weighted by molar-refractivity contribution is 5.93. The van der Waals surface area contributed by atoms with Crippen LogP contribution in [0.15, 0.2) is 36.5 Å². The maximum Gasteiger partial charge on any atom is 0.0923 e. The van der Waals surface area contributed by atoms with E-state index in [1.54, 1.807) is 5.57 Å². The number of hydrogen-bond donors (Lipinski definition) is 1. The Kier molecular flexibility index (Phi) is 3.48. The van der Waals surface area contributed by atoms with E-state index in [4.69, 9.17) is 10.1 Å². The van der Waals surface area contributed by atoms with Gasteiger partial charge in [-0.05, 0) is 80.6 Å². The van der Waals surface area contributed by atoms with Gasteiger partial charge in [0.2, 0.25) is 0 Å². The number of fused-ring (bicyclic) bond motifs is 6. The molecule has 0 aromatic carbocycles. The summed E-state index contributed by atoms with van der Waals surface area (Å²) in [5.41, 5.74) is 2.72. The third-order valence-corrected chi connectivity index (χ3v) is 8.74. The summed E-state index contributed by atoms with van der Waals surface area (Å²) < 4.78 is 6.37. The minimum absolute atomic E-state index is 0.0131. The summed E-state index contributed by atoms with van der Waals surface area (Å²) in [7, 11) is 0. The summed E-state index contributed by atoms with van der Waals surface area (Å²) >= 11 is 0. The standard InChI is InChI=1S/C23H31NO/c1-3-15-13-16-14-17(24)5-6-18(16)19-7-10-22(2)20(21(15)19)8-11-23(22)9-4-12-25-23/h3-4,9,14-15,18-21,24H,1,5-8,10-13H2,2H3/t15?,18-,19?,20?,21?,22?,23?/m0/s1. The molecule has 1 spiro atoms. The highest BCUT2D eigenvalue weighted by Gasteiger charge is 2.64. The lowest BCUT2D eigenvalue weighted by Gasteiger charge is -2.57. The second-order valence-electron chi connectivity index (χ2n) is 9.44. The first kappa shape index (κ1) is 16.1. The van der Waals surface area contributed by atoms with E-state index in [9.17, 15) is 0 Å². The van der Waals surface area contributed by atoms with Crippen molar-refractivity contribution in [2.24, 2.45) is 35.0 Å². The van der Waals surface area contributed by atoms with Crippen LogP contribution in [-0.4, -0.2) is 17.9 Å². The van der Waals surface area contributed by atoms with E-state index < -0.39 is 0 Å². The first-order valence-electron chi connectivity index (χ1n) is 10.3. The van der Waals surface area contributed by atoms with Crippen LogP contribution in [0, 0.1) is 40.4 Å². The third kappa shape index (κ3) is 2.04. The Bertz CT molecular complexity index is 676. The molecule has 4 aliphatic carbocycles. The zero-order chi connectivity index (χ0) is 17.2. The van der Waals surface area contributed by atoms with Crippen molar-refractivity contribution in [1.29, 1.82) is 5.41 Å². The molecule has 0 radical (unpaired) electrons. The maximum atomic E-state index is 8.10. The largest absolute Gasteiger partial charge is 0.366 e. The van der Waals surface area contributed by atoms with Crippen molar-refractivity contribution < 1.29 is 4.74 Å². The van der Waals surface area contributed by atoms with E-state index in [1.807, 2.05) is 0 Å². The SMILES string of the molecule is C=CC1CC2=CC(=N)CC[C@@H]2C2CCC3(C)C(CCC34C=CCO4)C12. The molecular formula is C23H31NO.